The molecule has 0 aliphatic rings. The van der Waals surface area contributed by atoms with E-state index in [1.807, 2.05) is 13.2 Å². The summed E-state index contributed by atoms with van der Waals surface area (Å²) in [5.74, 6) is 0. The van der Waals surface area contributed by atoms with Crippen LogP contribution in [0.2, 0.25) is 19.6 Å². The third kappa shape index (κ3) is 2.98. The molecule has 1 heterocycles. The third-order valence-corrected chi connectivity index (χ3v) is 2.56. The molecule has 0 radical (unpaired) electrons. The summed E-state index contributed by atoms with van der Waals surface area (Å²) >= 11 is 0. The van der Waals surface area contributed by atoms with Gasteiger partial charge in [-0.3, -0.25) is 4.68 Å². The summed E-state index contributed by atoms with van der Waals surface area (Å²) in [7, 11) is 0.152. The molecule has 1 aromatic heterocycles. The number of nitriles is 1. The van der Waals surface area contributed by atoms with Gasteiger partial charge in [-0.15, -0.1) is 0 Å². The van der Waals surface area contributed by atoms with Gasteiger partial charge in [-0.1, -0.05) is 0 Å². The van der Waals surface area contributed by atoms with E-state index in [9.17, 15) is 0 Å². The van der Waals surface area contributed by atoms with Gasteiger partial charge in [-0.05, 0) is 19.6 Å². The van der Waals surface area contributed by atoms with E-state index >= 15 is 0 Å². The first kappa shape index (κ1) is 11.0. The number of rotatable bonds is 3. The molecule has 0 spiro atoms. The minimum Gasteiger partial charge on any atom is -0.399 e. The van der Waals surface area contributed by atoms with Crippen molar-refractivity contribution in [3.63, 3.8) is 0 Å². The maximum Gasteiger partial charge on any atom is 0.186 e. The Morgan fingerprint density at radius 3 is 2.57 bits per heavy atom. The van der Waals surface area contributed by atoms with Crippen LogP contribution >= 0.6 is 0 Å². The Balaban J connectivity index is 2.79. The molecule has 0 N–H and O–H groups in total. The van der Waals surface area contributed by atoms with Crippen LogP contribution in [0.15, 0.2) is 12.4 Å². The van der Waals surface area contributed by atoms with Crippen molar-refractivity contribution in [3.8, 4) is 6.07 Å². The first-order valence-electron chi connectivity index (χ1n) is 4.48. The molecule has 76 valence electrons. The quantitative estimate of drug-likeness (QED) is 0.714. The summed E-state index contributed by atoms with van der Waals surface area (Å²) in [5, 5.41) is 13.0. The zero-order valence-electron chi connectivity index (χ0n) is 8.98. The zero-order valence-corrected chi connectivity index (χ0v) is 9.98. The van der Waals surface area contributed by atoms with Crippen LogP contribution in [0.25, 0.3) is 0 Å². The number of hydrogen-bond acceptors (Lipinski definition) is 3. The van der Waals surface area contributed by atoms with Gasteiger partial charge in [-0.2, -0.15) is 10.4 Å². The fourth-order valence-corrected chi connectivity index (χ4v) is 1.99. The van der Waals surface area contributed by atoms with Gasteiger partial charge in [0.15, 0.2) is 14.4 Å². The van der Waals surface area contributed by atoms with Crippen molar-refractivity contribution in [2.45, 2.75) is 25.7 Å². The lowest BCUT2D eigenvalue weighted by Gasteiger charge is -2.20. The van der Waals surface area contributed by atoms with Crippen molar-refractivity contribution >= 4 is 8.32 Å². The molecule has 1 rings (SSSR count). The fraction of sp³-hybridized carbons (Fsp3) is 0.556. The normalized spacial score (nSPS) is 13.6. The lowest BCUT2D eigenvalue weighted by molar-refractivity contribution is 0.255. The van der Waals surface area contributed by atoms with Crippen molar-refractivity contribution < 1.29 is 4.43 Å². The van der Waals surface area contributed by atoms with Crippen LogP contribution in [0.4, 0.5) is 0 Å². The molecule has 0 aliphatic carbocycles. The molecule has 5 heteroatoms. The SMILES string of the molecule is Cn1cc(C(C#N)O[Si](C)(C)C)cn1. The van der Waals surface area contributed by atoms with E-state index < -0.39 is 14.4 Å². The van der Waals surface area contributed by atoms with E-state index in [1.165, 1.54) is 0 Å². The summed E-state index contributed by atoms with van der Waals surface area (Å²) < 4.78 is 7.38. The lowest BCUT2D eigenvalue weighted by atomic mass is 10.2. The number of nitrogens with zero attached hydrogens (tertiary/aromatic N) is 3. The second-order valence-corrected chi connectivity index (χ2v) is 8.65. The van der Waals surface area contributed by atoms with E-state index in [1.54, 1.807) is 10.9 Å². The van der Waals surface area contributed by atoms with Crippen LogP contribution in [0, 0.1) is 11.3 Å². The van der Waals surface area contributed by atoms with Gasteiger partial charge in [0.25, 0.3) is 0 Å². The molecule has 1 atom stereocenters. The molecule has 0 saturated heterocycles. The molecule has 14 heavy (non-hydrogen) atoms. The molecule has 0 fully saturated rings. The molecule has 4 nitrogen and oxygen atoms in total. The van der Waals surface area contributed by atoms with Gasteiger partial charge in [0.2, 0.25) is 0 Å². The molecular formula is C9H15N3OSi. The lowest BCUT2D eigenvalue weighted by Crippen LogP contribution is -2.27. The minimum absolute atomic E-state index is 0.477. The van der Waals surface area contributed by atoms with Crippen LogP contribution in [0.5, 0.6) is 0 Å². The van der Waals surface area contributed by atoms with E-state index in [-0.39, 0.29) is 0 Å². The van der Waals surface area contributed by atoms with Gasteiger partial charge in [0, 0.05) is 18.8 Å². The highest BCUT2D eigenvalue weighted by atomic mass is 28.4. The highest BCUT2D eigenvalue weighted by molar-refractivity contribution is 6.69. The van der Waals surface area contributed by atoms with Gasteiger partial charge in [-0.25, -0.2) is 0 Å². The number of aromatic nitrogens is 2. The standard InChI is InChI=1S/C9H15N3OSi/c1-12-7-8(6-11-12)9(5-10)13-14(2,3)4/h6-7,9H,1-4H3. The van der Waals surface area contributed by atoms with Crippen LogP contribution in [0.1, 0.15) is 11.7 Å². The Morgan fingerprint density at radius 2 is 2.21 bits per heavy atom. The van der Waals surface area contributed by atoms with E-state index in [2.05, 4.69) is 30.8 Å². The molecule has 0 saturated carbocycles. The van der Waals surface area contributed by atoms with Crippen molar-refractivity contribution in [3.05, 3.63) is 18.0 Å². The van der Waals surface area contributed by atoms with Gasteiger partial charge in [0.1, 0.15) is 0 Å². The smallest absolute Gasteiger partial charge is 0.186 e. The Kier molecular flexibility index (Phi) is 3.09. The molecule has 0 aliphatic heterocycles. The maximum atomic E-state index is 8.96. The van der Waals surface area contributed by atoms with Crippen molar-refractivity contribution in [2.24, 2.45) is 7.05 Å². The number of hydrogen-bond donors (Lipinski definition) is 0. The van der Waals surface area contributed by atoms with Gasteiger partial charge >= 0.3 is 0 Å². The molecule has 1 unspecified atom stereocenters. The van der Waals surface area contributed by atoms with Crippen LogP contribution < -0.4 is 0 Å². The molecule has 0 bridgehead atoms. The Morgan fingerprint density at radius 1 is 1.57 bits per heavy atom. The second-order valence-electron chi connectivity index (χ2n) is 4.19. The largest absolute Gasteiger partial charge is 0.399 e. The van der Waals surface area contributed by atoms with Crippen molar-refractivity contribution in [2.75, 3.05) is 0 Å². The van der Waals surface area contributed by atoms with E-state index in [4.69, 9.17) is 9.69 Å². The average molecular weight is 209 g/mol. The summed E-state index contributed by atoms with van der Waals surface area (Å²) in [6.45, 7) is 6.19. The average Bonchev–Trinajstić information content (AvgIpc) is 2.46. The summed E-state index contributed by atoms with van der Waals surface area (Å²) in [4.78, 5) is 0. The first-order chi connectivity index (χ1) is 6.42. The minimum atomic E-state index is -1.67. The number of aryl methyl sites for hydroxylation is 1. The fourth-order valence-electron chi connectivity index (χ4n) is 1.10. The second kappa shape index (κ2) is 3.94. The first-order valence-corrected chi connectivity index (χ1v) is 7.89. The van der Waals surface area contributed by atoms with E-state index in [0.717, 1.165) is 5.56 Å². The molecular weight excluding hydrogens is 194 g/mol. The van der Waals surface area contributed by atoms with Crippen LogP contribution in [0.3, 0.4) is 0 Å². The molecule has 1 aromatic rings. The maximum absolute atomic E-state index is 8.96. The molecule has 0 amide bonds. The highest BCUT2D eigenvalue weighted by Crippen LogP contribution is 2.20. The Bertz CT molecular complexity index is 348. The predicted octanol–water partition coefficient (Wildman–Crippen LogP) is 1.84. The van der Waals surface area contributed by atoms with Gasteiger partial charge < -0.3 is 4.43 Å². The van der Waals surface area contributed by atoms with Crippen molar-refractivity contribution in [1.82, 2.24) is 9.78 Å². The zero-order chi connectivity index (χ0) is 10.8. The van der Waals surface area contributed by atoms with E-state index in [0.29, 0.717) is 0 Å². The third-order valence-electron chi connectivity index (χ3n) is 1.62. The summed E-state index contributed by atoms with van der Waals surface area (Å²) in [5.41, 5.74) is 0.831. The van der Waals surface area contributed by atoms with Crippen LogP contribution in [-0.4, -0.2) is 18.1 Å². The predicted molar refractivity (Wildman–Crippen MR) is 56.0 cm³/mol. The Labute approximate surface area is 85.2 Å². The molecule has 0 aromatic carbocycles. The summed E-state index contributed by atoms with van der Waals surface area (Å²) in [6.07, 6.45) is 3.01. The van der Waals surface area contributed by atoms with Crippen LogP contribution in [-0.2, 0) is 11.5 Å². The topological polar surface area (TPSA) is 50.8 Å². The van der Waals surface area contributed by atoms with Crippen molar-refractivity contribution in [1.29, 1.82) is 5.26 Å². The Hall–Kier alpha value is -1.12. The van der Waals surface area contributed by atoms with Gasteiger partial charge in [0.05, 0.1) is 12.3 Å². The summed E-state index contributed by atoms with van der Waals surface area (Å²) in [6, 6.07) is 2.15. The highest BCUT2D eigenvalue weighted by Gasteiger charge is 2.22. The monoisotopic (exact) mass is 209 g/mol.